The van der Waals surface area contributed by atoms with Crippen molar-refractivity contribution < 1.29 is 0 Å². The summed E-state index contributed by atoms with van der Waals surface area (Å²) in [7, 11) is 2.09. The van der Waals surface area contributed by atoms with Crippen molar-refractivity contribution in [3.8, 4) is 0 Å². The predicted octanol–water partition coefficient (Wildman–Crippen LogP) is 4.28. The van der Waals surface area contributed by atoms with Crippen LogP contribution >= 0.6 is 27.3 Å². The highest BCUT2D eigenvalue weighted by Gasteiger charge is 2.09. The SMILES string of the molecule is CN(Cc1csc(Br)c1)c1ccc(N)c2cnccc12. The molecule has 0 saturated carbocycles. The van der Waals surface area contributed by atoms with Gasteiger partial charge >= 0.3 is 0 Å². The van der Waals surface area contributed by atoms with Crippen molar-refractivity contribution in [2.24, 2.45) is 0 Å². The lowest BCUT2D eigenvalue weighted by molar-refractivity contribution is 0.932. The quantitative estimate of drug-likeness (QED) is 0.719. The number of halogens is 1. The van der Waals surface area contributed by atoms with Gasteiger partial charge in [0.15, 0.2) is 0 Å². The average Bonchev–Trinajstić information content (AvgIpc) is 2.84. The Labute approximate surface area is 130 Å². The molecule has 3 nitrogen and oxygen atoms in total. The maximum Gasteiger partial charge on any atom is 0.0701 e. The molecule has 102 valence electrons. The van der Waals surface area contributed by atoms with Gasteiger partial charge in [0, 0.05) is 48.1 Å². The molecule has 0 spiro atoms. The maximum absolute atomic E-state index is 6.02. The number of pyridine rings is 1. The van der Waals surface area contributed by atoms with E-state index in [-0.39, 0.29) is 0 Å². The zero-order valence-electron chi connectivity index (χ0n) is 11.0. The number of hydrogen-bond donors (Lipinski definition) is 1. The summed E-state index contributed by atoms with van der Waals surface area (Å²) in [5, 5.41) is 4.31. The second kappa shape index (κ2) is 5.42. The summed E-state index contributed by atoms with van der Waals surface area (Å²) in [6.45, 7) is 0.865. The van der Waals surface area contributed by atoms with Gasteiger partial charge in [-0.3, -0.25) is 4.98 Å². The van der Waals surface area contributed by atoms with Crippen molar-refractivity contribution in [3.05, 3.63) is 51.4 Å². The molecule has 0 saturated heterocycles. The fourth-order valence-corrected chi connectivity index (χ4v) is 3.52. The van der Waals surface area contributed by atoms with E-state index in [1.807, 2.05) is 18.3 Å². The Morgan fingerprint density at radius 2 is 2.15 bits per heavy atom. The molecule has 1 aromatic carbocycles. The molecule has 2 heterocycles. The Bertz CT molecular complexity index is 754. The molecule has 0 aliphatic rings. The van der Waals surface area contributed by atoms with Crippen molar-refractivity contribution in [2.45, 2.75) is 6.54 Å². The van der Waals surface area contributed by atoms with Crippen LogP contribution in [0.1, 0.15) is 5.56 Å². The summed E-state index contributed by atoms with van der Waals surface area (Å²) in [4.78, 5) is 6.39. The van der Waals surface area contributed by atoms with Gasteiger partial charge in [0.2, 0.25) is 0 Å². The van der Waals surface area contributed by atoms with Crippen LogP contribution in [0.5, 0.6) is 0 Å². The van der Waals surface area contributed by atoms with E-state index in [2.05, 4.69) is 50.4 Å². The normalized spacial score (nSPS) is 10.9. The molecule has 2 N–H and O–H groups in total. The zero-order chi connectivity index (χ0) is 14.1. The van der Waals surface area contributed by atoms with E-state index in [9.17, 15) is 0 Å². The summed E-state index contributed by atoms with van der Waals surface area (Å²) in [6.07, 6.45) is 3.63. The topological polar surface area (TPSA) is 42.1 Å². The molecule has 5 heteroatoms. The van der Waals surface area contributed by atoms with Gasteiger partial charge in [-0.05, 0) is 51.1 Å². The van der Waals surface area contributed by atoms with E-state index < -0.39 is 0 Å². The van der Waals surface area contributed by atoms with Gasteiger partial charge in [0.25, 0.3) is 0 Å². The van der Waals surface area contributed by atoms with Gasteiger partial charge in [-0.2, -0.15) is 0 Å². The largest absolute Gasteiger partial charge is 0.398 e. The molecule has 0 atom stereocenters. The molecule has 0 fully saturated rings. The summed E-state index contributed by atoms with van der Waals surface area (Å²) >= 11 is 5.21. The smallest absolute Gasteiger partial charge is 0.0701 e. The van der Waals surface area contributed by atoms with Crippen molar-refractivity contribution in [3.63, 3.8) is 0 Å². The molecule has 0 aliphatic heterocycles. The number of hydrogen-bond acceptors (Lipinski definition) is 4. The minimum absolute atomic E-state index is 0.767. The fraction of sp³-hybridized carbons (Fsp3) is 0.133. The number of nitrogens with zero attached hydrogens (tertiary/aromatic N) is 2. The summed E-state index contributed by atoms with van der Waals surface area (Å²) < 4.78 is 1.16. The summed E-state index contributed by atoms with van der Waals surface area (Å²) in [5.74, 6) is 0. The third-order valence-electron chi connectivity index (χ3n) is 3.28. The highest BCUT2D eigenvalue weighted by atomic mass is 79.9. The van der Waals surface area contributed by atoms with Gasteiger partial charge in [-0.15, -0.1) is 11.3 Å². The minimum atomic E-state index is 0.767. The zero-order valence-corrected chi connectivity index (χ0v) is 13.4. The number of nitrogens with two attached hydrogens (primary N) is 1. The average molecular weight is 348 g/mol. The molecule has 0 unspecified atom stereocenters. The molecule has 3 rings (SSSR count). The Morgan fingerprint density at radius 1 is 1.30 bits per heavy atom. The van der Waals surface area contributed by atoms with Crippen molar-refractivity contribution >= 4 is 49.4 Å². The lowest BCUT2D eigenvalue weighted by Crippen LogP contribution is -2.16. The Morgan fingerprint density at radius 3 is 2.90 bits per heavy atom. The molecule has 20 heavy (non-hydrogen) atoms. The lowest BCUT2D eigenvalue weighted by atomic mass is 10.1. The van der Waals surface area contributed by atoms with Crippen LogP contribution < -0.4 is 10.6 Å². The first kappa shape index (κ1) is 13.4. The standard InChI is InChI=1S/C15H14BrN3S/c1-19(8-10-6-15(16)20-9-10)14-3-2-13(17)12-7-18-5-4-11(12)14/h2-7,9H,8,17H2,1H3. The minimum Gasteiger partial charge on any atom is -0.398 e. The number of rotatable bonds is 3. The van der Waals surface area contributed by atoms with Crippen molar-refractivity contribution in [2.75, 3.05) is 17.7 Å². The van der Waals surface area contributed by atoms with E-state index in [0.29, 0.717) is 0 Å². The second-order valence-corrected chi connectivity index (χ2v) is 7.00. The number of thiophene rings is 1. The van der Waals surface area contributed by atoms with Crippen LogP contribution in [0.25, 0.3) is 10.8 Å². The van der Waals surface area contributed by atoms with E-state index in [1.165, 1.54) is 11.3 Å². The van der Waals surface area contributed by atoms with E-state index in [1.54, 1.807) is 17.5 Å². The molecule has 0 bridgehead atoms. The Balaban J connectivity index is 1.99. The fourth-order valence-electron chi connectivity index (χ4n) is 2.32. The van der Waals surface area contributed by atoms with E-state index >= 15 is 0 Å². The van der Waals surface area contributed by atoms with Gasteiger partial charge in [0.1, 0.15) is 0 Å². The molecule has 0 radical (unpaired) electrons. The third kappa shape index (κ3) is 2.51. The molecule has 0 aliphatic carbocycles. The van der Waals surface area contributed by atoms with Crippen LogP contribution in [0.2, 0.25) is 0 Å². The van der Waals surface area contributed by atoms with Crippen LogP contribution in [0.3, 0.4) is 0 Å². The summed E-state index contributed by atoms with van der Waals surface area (Å²) in [5.41, 5.74) is 9.25. The molecule has 2 aromatic heterocycles. The van der Waals surface area contributed by atoms with Gasteiger partial charge in [-0.1, -0.05) is 0 Å². The van der Waals surface area contributed by atoms with E-state index in [4.69, 9.17) is 5.73 Å². The number of anilines is 2. The molecular weight excluding hydrogens is 334 g/mol. The number of nitrogen functional groups attached to an aromatic ring is 1. The first-order chi connectivity index (χ1) is 9.65. The predicted molar refractivity (Wildman–Crippen MR) is 90.3 cm³/mol. The van der Waals surface area contributed by atoms with Crippen molar-refractivity contribution in [1.29, 1.82) is 0 Å². The maximum atomic E-state index is 6.02. The molecular formula is C15H14BrN3S. The first-order valence-corrected chi connectivity index (χ1v) is 7.88. The summed E-state index contributed by atoms with van der Waals surface area (Å²) in [6, 6.07) is 8.18. The number of fused-ring (bicyclic) bond motifs is 1. The number of benzene rings is 1. The first-order valence-electron chi connectivity index (χ1n) is 6.21. The highest BCUT2D eigenvalue weighted by molar-refractivity contribution is 9.11. The third-order valence-corrected chi connectivity index (χ3v) is 4.83. The highest BCUT2D eigenvalue weighted by Crippen LogP contribution is 2.31. The van der Waals surface area contributed by atoms with Crippen LogP contribution in [0.15, 0.2) is 45.8 Å². The Hall–Kier alpha value is -1.59. The molecule has 3 aromatic rings. The number of aromatic nitrogens is 1. The van der Waals surface area contributed by atoms with Crippen LogP contribution in [-0.4, -0.2) is 12.0 Å². The monoisotopic (exact) mass is 347 g/mol. The van der Waals surface area contributed by atoms with Crippen molar-refractivity contribution in [1.82, 2.24) is 4.98 Å². The van der Waals surface area contributed by atoms with Crippen LogP contribution in [0, 0.1) is 0 Å². The van der Waals surface area contributed by atoms with Crippen LogP contribution in [-0.2, 0) is 6.54 Å². The second-order valence-electron chi connectivity index (χ2n) is 4.71. The lowest BCUT2D eigenvalue weighted by Gasteiger charge is -2.21. The van der Waals surface area contributed by atoms with Gasteiger partial charge in [0.05, 0.1) is 3.79 Å². The molecule has 0 amide bonds. The Kier molecular flexibility index (Phi) is 3.63. The van der Waals surface area contributed by atoms with E-state index in [0.717, 1.165) is 26.8 Å². The van der Waals surface area contributed by atoms with Crippen LogP contribution in [0.4, 0.5) is 11.4 Å². The van der Waals surface area contributed by atoms with Gasteiger partial charge < -0.3 is 10.6 Å². The van der Waals surface area contributed by atoms with Gasteiger partial charge in [-0.25, -0.2) is 0 Å².